The van der Waals surface area contributed by atoms with Crippen LogP contribution >= 0.6 is 0 Å². The Labute approximate surface area is 232 Å². The number of H-pyrrole nitrogens is 1. The molecule has 0 radical (unpaired) electrons. The number of hydrogen-bond acceptors (Lipinski definition) is 8. The number of aryl methyl sites for hydroxylation is 1. The molecule has 0 spiro atoms. The van der Waals surface area contributed by atoms with Gasteiger partial charge >= 0.3 is 5.97 Å². The van der Waals surface area contributed by atoms with Crippen molar-refractivity contribution in [3.63, 3.8) is 0 Å². The molecular weight excluding hydrogens is 520 g/mol. The van der Waals surface area contributed by atoms with E-state index in [1.54, 1.807) is 31.3 Å². The molecule has 1 fully saturated rings. The molecule has 1 aromatic carbocycles. The maximum Gasteiger partial charge on any atom is 0.336 e. The Bertz CT molecular complexity index is 1270. The molecule has 40 heavy (non-hydrogen) atoms. The number of carbonyl (C=O) groups excluding carboxylic acids is 3. The van der Waals surface area contributed by atoms with Gasteiger partial charge in [-0.05, 0) is 63.8 Å². The first kappa shape index (κ1) is 30.5. The van der Waals surface area contributed by atoms with E-state index in [1.807, 2.05) is 13.8 Å². The third-order valence-corrected chi connectivity index (χ3v) is 6.17. The van der Waals surface area contributed by atoms with Crippen molar-refractivity contribution in [2.45, 2.75) is 59.1 Å². The number of esters is 1. The number of ether oxygens (including phenoxy) is 3. The molecule has 13 nitrogen and oxygen atoms in total. The van der Waals surface area contributed by atoms with Crippen LogP contribution in [0.2, 0.25) is 0 Å². The van der Waals surface area contributed by atoms with Gasteiger partial charge in [0.1, 0.15) is 12.4 Å². The molecule has 0 aliphatic heterocycles. The molecule has 13 heteroatoms. The van der Waals surface area contributed by atoms with Gasteiger partial charge in [0, 0.05) is 31.5 Å². The number of aromatic amines is 1. The molecule has 0 bridgehead atoms. The van der Waals surface area contributed by atoms with E-state index in [1.165, 1.54) is 18.9 Å². The summed E-state index contributed by atoms with van der Waals surface area (Å²) in [5, 5.41) is 22.9. The second-order valence-corrected chi connectivity index (χ2v) is 9.23. The van der Waals surface area contributed by atoms with Crippen LogP contribution in [-0.4, -0.2) is 79.1 Å². The number of carbonyl (C=O) groups is 3. The summed E-state index contributed by atoms with van der Waals surface area (Å²) in [4.78, 5) is 46.2. The zero-order chi connectivity index (χ0) is 29.4. The standard InChI is InChI=1S/C27H36N6O7/c1-6-29-24(35)18-8-7-15(2)21(11-18)33(27(38-5)40-14-39-26(37)17(4)34)23(31-13-28)22-16(3)20(12-30-22)25(36)32-19-9-10-19/h7-8,11-13,17,19,27-28,30,34H,6,9-10,14H2,1-5H3,(H,29,35)(H,32,36). The van der Waals surface area contributed by atoms with E-state index < -0.39 is 25.3 Å². The normalized spacial score (nSPS) is 14.7. The zero-order valence-corrected chi connectivity index (χ0v) is 23.2. The van der Waals surface area contributed by atoms with E-state index in [2.05, 4.69) is 20.6 Å². The van der Waals surface area contributed by atoms with Crippen LogP contribution < -0.4 is 15.5 Å². The second kappa shape index (κ2) is 13.8. The van der Waals surface area contributed by atoms with Crippen LogP contribution in [0.5, 0.6) is 0 Å². The zero-order valence-electron chi connectivity index (χ0n) is 23.2. The van der Waals surface area contributed by atoms with Crippen molar-refractivity contribution in [1.82, 2.24) is 15.6 Å². The summed E-state index contributed by atoms with van der Waals surface area (Å²) < 4.78 is 16.3. The van der Waals surface area contributed by atoms with Gasteiger partial charge in [0.05, 0.1) is 16.9 Å². The lowest BCUT2D eigenvalue weighted by molar-refractivity contribution is -0.194. The summed E-state index contributed by atoms with van der Waals surface area (Å²) in [5.41, 5.74) is 2.87. The van der Waals surface area contributed by atoms with Gasteiger partial charge in [0.2, 0.25) is 6.41 Å². The summed E-state index contributed by atoms with van der Waals surface area (Å²) in [5.74, 6) is -1.29. The Kier molecular flexibility index (Phi) is 10.5. The predicted molar refractivity (Wildman–Crippen MR) is 148 cm³/mol. The van der Waals surface area contributed by atoms with Gasteiger partial charge in [-0.25, -0.2) is 9.79 Å². The fourth-order valence-corrected chi connectivity index (χ4v) is 3.88. The number of benzene rings is 1. The predicted octanol–water partition coefficient (Wildman–Crippen LogP) is 1.96. The number of nitrogens with one attached hydrogen (secondary N) is 4. The topological polar surface area (TPSA) is 178 Å². The maximum absolute atomic E-state index is 12.8. The lowest BCUT2D eigenvalue weighted by Crippen LogP contribution is -2.45. The molecule has 2 aromatic rings. The molecule has 216 valence electrons. The molecule has 5 N–H and O–H groups in total. The SMILES string of the molecule is CCNC(=O)c1ccc(C)c(N(C(=NC=N)c2[nH]cc(C(=O)NC3CC3)c2C)C(OC)OCOC(=O)C(C)O)c1. The molecule has 1 aliphatic rings. The van der Waals surface area contributed by atoms with Gasteiger partial charge in [0.15, 0.2) is 12.6 Å². The van der Waals surface area contributed by atoms with Crippen LogP contribution in [0.15, 0.2) is 29.4 Å². The second-order valence-electron chi connectivity index (χ2n) is 9.23. The number of aliphatic hydroxyl groups is 1. The fraction of sp³-hybridized carbons (Fsp3) is 0.444. The van der Waals surface area contributed by atoms with E-state index in [-0.39, 0.29) is 23.7 Å². The third-order valence-electron chi connectivity index (χ3n) is 6.17. The highest BCUT2D eigenvalue weighted by Gasteiger charge is 2.32. The lowest BCUT2D eigenvalue weighted by atomic mass is 10.1. The fourth-order valence-electron chi connectivity index (χ4n) is 3.88. The summed E-state index contributed by atoms with van der Waals surface area (Å²) >= 11 is 0. The van der Waals surface area contributed by atoms with Crippen molar-refractivity contribution in [2.24, 2.45) is 4.99 Å². The van der Waals surface area contributed by atoms with Crippen LogP contribution in [0.25, 0.3) is 0 Å². The van der Waals surface area contributed by atoms with Gasteiger partial charge in [-0.1, -0.05) is 6.07 Å². The summed E-state index contributed by atoms with van der Waals surface area (Å²) in [6.45, 7) is 6.47. The van der Waals surface area contributed by atoms with E-state index >= 15 is 0 Å². The molecule has 3 rings (SSSR count). The quantitative estimate of drug-likeness (QED) is 0.108. The van der Waals surface area contributed by atoms with Crippen LogP contribution in [0, 0.1) is 19.3 Å². The number of aliphatic imine (C=N–C) groups is 1. The molecular formula is C27H36N6O7. The molecule has 2 atom stereocenters. The first-order valence-electron chi connectivity index (χ1n) is 12.9. The first-order chi connectivity index (χ1) is 19.1. The minimum Gasteiger partial charge on any atom is -0.436 e. The van der Waals surface area contributed by atoms with Crippen molar-refractivity contribution < 1.29 is 33.7 Å². The smallest absolute Gasteiger partial charge is 0.336 e. The van der Waals surface area contributed by atoms with Crippen molar-refractivity contribution >= 4 is 35.6 Å². The number of methoxy groups -OCH3 is 1. The minimum absolute atomic E-state index is 0.142. The highest BCUT2D eigenvalue weighted by molar-refractivity contribution is 6.14. The Morgan fingerprint density at radius 1 is 1.27 bits per heavy atom. The van der Waals surface area contributed by atoms with Crippen LogP contribution in [0.1, 0.15) is 64.2 Å². The van der Waals surface area contributed by atoms with Gasteiger partial charge < -0.3 is 30.2 Å². The molecule has 1 aromatic heterocycles. The molecule has 0 saturated heterocycles. The number of amidine groups is 1. The van der Waals surface area contributed by atoms with Gasteiger partial charge in [-0.3, -0.25) is 24.6 Å². The average Bonchev–Trinajstić information content (AvgIpc) is 3.66. The van der Waals surface area contributed by atoms with E-state index in [0.29, 0.717) is 40.2 Å². The molecule has 1 saturated carbocycles. The molecule has 1 heterocycles. The van der Waals surface area contributed by atoms with Crippen molar-refractivity contribution in [2.75, 3.05) is 25.3 Å². The van der Waals surface area contributed by atoms with Crippen molar-refractivity contribution in [1.29, 1.82) is 5.41 Å². The Balaban J connectivity index is 2.10. The third kappa shape index (κ3) is 7.31. The number of amides is 2. The number of aromatic nitrogens is 1. The maximum atomic E-state index is 12.8. The molecule has 1 aliphatic carbocycles. The summed E-state index contributed by atoms with van der Waals surface area (Å²) in [7, 11) is 1.36. The highest BCUT2D eigenvalue weighted by atomic mass is 16.8. The Hall–Kier alpha value is -4.07. The number of nitrogens with zero attached hydrogens (tertiary/aromatic N) is 2. The van der Waals surface area contributed by atoms with E-state index in [4.69, 9.17) is 19.6 Å². The van der Waals surface area contributed by atoms with Crippen molar-refractivity contribution in [3.8, 4) is 0 Å². The van der Waals surface area contributed by atoms with Crippen LogP contribution in [-0.2, 0) is 19.0 Å². The minimum atomic E-state index is -1.35. The Morgan fingerprint density at radius 3 is 2.60 bits per heavy atom. The van der Waals surface area contributed by atoms with Gasteiger partial charge in [0.25, 0.3) is 11.8 Å². The summed E-state index contributed by atoms with van der Waals surface area (Å²) in [6.07, 6.45) is 1.62. The number of hydrogen-bond donors (Lipinski definition) is 5. The molecule has 2 unspecified atom stereocenters. The molecule has 2 amide bonds. The number of anilines is 1. The highest BCUT2D eigenvalue weighted by Crippen LogP contribution is 2.29. The summed E-state index contributed by atoms with van der Waals surface area (Å²) in [6, 6.07) is 5.19. The van der Waals surface area contributed by atoms with Crippen molar-refractivity contribution in [3.05, 3.63) is 52.3 Å². The number of rotatable bonds is 13. The van der Waals surface area contributed by atoms with E-state index in [9.17, 15) is 19.5 Å². The monoisotopic (exact) mass is 556 g/mol. The largest absolute Gasteiger partial charge is 0.436 e. The van der Waals surface area contributed by atoms with Gasteiger partial charge in [-0.15, -0.1) is 0 Å². The van der Waals surface area contributed by atoms with Gasteiger partial charge in [-0.2, -0.15) is 0 Å². The average molecular weight is 557 g/mol. The Morgan fingerprint density at radius 2 is 2.00 bits per heavy atom. The van der Waals surface area contributed by atoms with Crippen LogP contribution in [0.4, 0.5) is 5.69 Å². The lowest BCUT2D eigenvalue weighted by Gasteiger charge is -2.33. The number of aliphatic hydroxyl groups excluding tert-OH is 1. The first-order valence-corrected chi connectivity index (χ1v) is 12.9. The van der Waals surface area contributed by atoms with E-state index in [0.717, 1.165) is 19.2 Å². The van der Waals surface area contributed by atoms with Crippen LogP contribution in [0.3, 0.4) is 0 Å².